The molecular weight excluding hydrogens is 280 g/mol. The minimum atomic E-state index is -1.08. The number of nitrogens with zero attached hydrogens (tertiary/aromatic N) is 3. The Hall–Kier alpha value is -2.44. The van der Waals surface area contributed by atoms with E-state index < -0.39 is 17.6 Å². The second-order valence-corrected chi connectivity index (χ2v) is 4.97. The summed E-state index contributed by atoms with van der Waals surface area (Å²) in [6.45, 7) is 0.909. The maximum Gasteiger partial charge on any atom is 0.356 e. The van der Waals surface area contributed by atoms with Crippen molar-refractivity contribution >= 4 is 11.7 Å². The van der Waals surface area contributed by atoms with Crippen LogP contribution in [0.1, 0.15) is 21.7 Å². The van der Waals surface area contributed by atoms with E-state index in [1.54, 1.807) is 11.7 Å². The molecule has 110 valence electrons. The number of aromatic nitrogens is 2. The van der Waals surface area contributed by atoms with Crippen molar-refractivity contribution in [3.8, 4) is 0 Å². The van der Waals surface area contributed by atoms with Gasteiger partial charge >= 0.3 is 5.97 Å². The summed E-state index contributed by atoms with van der Waals surface area (Å²) in [5, 5.41) is 13.2. The van der Waals surface area contributed by atoms with E-state index in [9.17, 15) is 18.7 Å². The average molecular weight is 293 g/mol. The van der Waals surface area contributed by atoms with Crippen molar-refractivity contribution in [3.05, 3.63) is 46.8 Å². The van der Waals surface area contributed by atoms with Crippen LogP contribution in [0, 0.1) is 11.6 Å². The molecule has 0 radical (unpaired) electrons. The number of halogens is 2. The molecule has 0 spiro atoms. The SMILES string of the molecule is Cn1nc(C(=O)O)c2c1CCN(c1ccc(F)c(F)c1)C2. The maximum absolute atomic E-state index is 13.3. The molecule has 1 aliphatic rings. The Balaban J connectivity index is 1.96. The summed E-state index contributed by atoms with van der Waals surface area (Å²) in [5.41, 5.74) is 2.03. The van der Waals surface area contributed by atoms with Gasteiger partial charge in [-0.25, -0.2) is 13.6 Å². The maximum atomic E-state index is 13.3. The fraction of sp³-hybridized carbons (Fsp3) is 0.286. The number of fused-ring (bicyclic) bond motifs is 1. The highest BCUT2D eigenvalue weighted by molar-refractivity contribution is 5.87. The summed E-state index contributed by atoms with van der Waals surface area (Å²) < 4.78 is 27.9. The van der Waals surface area contributed by atoms with Gasteiger partial charge < -0.3 is 10.0 Å². The number of benzene rings is 1. The van der Waals surface area contributed by atoms with E-state index in [-0.39, 0.29) is 5.69 Å². The van der Waals surface area contributed by atoms with Crippen LogP contribution in [0.4, 0.5) is 14.5 Å². The lowest BCUT2D eigenvalue weighted by atomic mass is 10.0. The van der Waals surface area contributed by atoms with Crippen LogP contribution >= 0.6 is 0 Å². The first-order valence-electron chi connectivity index (χ1n) is 6.45. The summed E-state index contributed by atoms with van der Waals surface area (Å²) >= 11 is 0. The highest BCUT2D eigenvalue weighted by Gasteiger charge is 2.27. The molecule has 3 rings (SSSR count). The van der Waals surface area contributed by atoms with Gasteiger partial charge in [-0.2, -0.15) is 5.10 Å². The fourth-order valence-corrected chi connectivity index (χ4v) is 2.67. The predicted octanol–water partition coefficient (Wildman–Crippen LogP) is 1.96. The van der Waals surface area contributed by atoms with Gasteiger partial charge in [-0.1, -0.05) is 0 Å². The molecule has 0 amide bonds. The molecule has 0 saturated heterocycles. The molecule has 1 aromatic carbocycles. The van der Waals surface area contributed by atoms with Crippen molar-refractivity contribution in [2.24, 2.45) is 7.05 Å². The summed E-state index contributed by atoms with van der Waals surface area (Å²) in [4.78, 5) is 13.0. The third-order valence-corrected chi connectivity index (χ3v) is 3.71. The monoisotopic (exact) mass is 293 g/mol. The first-order valence-corrected chi connectivity index (χ1v) is 6.45. The number of carbonyl (C=O) groups is 1. The van der Waals surface area contributed by atoms with Gasteiger partial charge in [0.05, 0.1) is 0 Å². The number of hydrogen-bond acceptors (Lipinski definition) is 3. The number of rotatable bonds is 2. The Morgan fingerprint density at radius 1 is 1.33 bits per heavy atom. The first kappa shape index (κ1) is 13.5. The molecule has 0 saturated carbocycles. The lowest BCUT2D eigenvalue weighted by Gasteiger charge is -2.29. The quantitative estimate of drug-likeness (QED) is 0.919. The molecule has 5 nitrogen and oxygen atoms in total. The van der Waals surface area contributed by atoms with Crippen molar-refractivity contribution in [1.82, 2.24) is 9.78 Å². The van der Waals surface area contributed by atoms with E-state index in [0.717, 1.165) is 17.8 Å². The van der Waals surface area contributed by atoms with E-state index in [0.29, 0.717) is 30.8 Å². The zero-order valence-corrected chi connectivity index (χ0v) is 11.3. The highest BCUT2D eigenvalue weighted by atomic mass is 19.2. The minimum absolute atomic E-state index is 0.0137. The lowest BCUT2D eigenvalue weighted by Crippen LogP contribution is -2.31. The normalized spacial score (nSPS) is 14.1. The molecule has 0 atom stereocenters. The van der Waals surface area contributed by atoms with Crippen molar-refractivity contribution in [1.29, 1.82) is 0 Å². The smallest absolute Gasteiger partial charge is 0.356 e. The third kappa shape index (κ3) is 2.24. The summed E-state index contributed by atoms with van der Waals surface area (Å²) in [6, 6.07) is 3.68. The molecule has 1 aromatic heterocycles. The molecule has 0 aliphatic carbocycles. The van der Waals surface area contributed by atoms with Crippen LogP contribution in [-0.4, -0.2) is 27.4 Å². The van der Waals surface area contributed by atoms with Crippen LogP contribution in [0.15, 0.2) is 18.2 Å². The molecule has 7 heteroatoms. The van der Waals surface area contributed by atoms with Crippen molar-refractivity contribution in [2.75, 3.05) is 11.4 Å². The van der Waals surface area contributed by atoms with Gasteiger partial charge in [0.2, 0.25) is 0 Å². The third-order valence-electron chi connectivity index (χ3n) is 3.71. The van der Waals surface area contributed by atoms with E-state index in [2.05, 4.69) is 5.10 Å². The molecule has 1 N–H and O–H groups in total. The zero-order chi connectivity index (χ0) is 15.1. The van der Waals surface area contributed by atoms with Crippen molar-refractivity contribution in [3.63, 3.8) is 0 Å². The summed E-state index contributed by atoms with van der Waals surface area (Å²) in [5.74, 6) is -2.90. The van der Waals surface area contributed by atoms with Crippen molar-refractivity contribution < 1.29 is 18.7 Å². The van der Waals surface area contributed by atoms with Gasteiger partial charge in [-0.15, -0.1) is 0 Å². The number of aromatic carboxylic acids is 1. The molecule has 0 fully saturated rings. The van der Waals surface area contributed by atoms with Crippen LogP contribution in [0.3, 0.4) is 0 Å². The second-order valence-electron chi connectivity index (χ2n) is 4.97. The first-order chi connectivity index (χ1) is 9.97. The van der Waals surface area contributed by atoms with E-state index in [1.165, 1.54) is 6.07 Å². The van der Waals surface area contributed by atoms with Crippen molar-refractivity contribution in [2.45, 2.75) is 13.0 Å². The number of anilines is 1. The Kier molecular flexibility index (Phi) is 3.12. The van der Waals surface area contributed by atoms with E-state index in [4.69, 9.17) is 0 Å². The molecule has 21 heavy (non-hydrogen) atoms. The molecule has 0 unspecified atom stereocenters. The molecule has 1 aliphatic heterocycles. The number of aryl methyl sites for hydroxylation is 1. The van der Waals surface area contributed by atoms with Gasteiger partial charge in [0.15, 0.2) is 17.3 Å². The average Bonchev–Trinajstić information content (AvgIpc) is 2.79. The summed E-state index contributed by atoms with van der Waals surface area (Å²) in [6.07, 6.45) is 0.602. The molecule has 2 aromatic rings. The molecular formula is C14H13F2N3O2. The second kappa shape index (κ2) is 4.83. The largest absolute Gasteiger partial charge is 0.476 e. The van der Waals surface area contributed by atoms with Gasteiger partial charge in [0.1, 0.15) is 0 Å². The van der Waals surface area contributed by atoms with Crippen LogP contribution in [0.2, 0.25) is 0 Å². The topological polar surface area (TPSA) is 58.4 Å². The number of hydrogen-bond donors (Lipinski definition) is 1. The number of carboxylic acids is 1. The Bertz CT molecular complexity index is 727. The standard InChI is InChI=1S/C14H13F2N3O2/c1-18-12-4-5-19(7-9(12)13(17-18)14(20)21)8-2-3-10(15)11(16)6-8/h2-3,6H,4-5,7H2,1H3,(H,20,21). The minimum Gasteiger partial charge on any atom is -0.476 e. The van der Waals surface area contributed by atoms with Gasteiger partial charge in [0, 0.05) is 49.6 Å². The van der Waals surface area contributed by atoms with E-state index >= 15 is 0 Å². The van der Waals surface area contributed by atoms with Crippen LogP contribution in [0.5, 0.6) is 0 Å². The Labute approximate surface area is 119 Å². The Morgan fingerprint density at radius 2 is 2.10 bits per heavy atom. The highest BCUT2D eigenvalue weighted by Crippen LogP contribution is 2.27. The number of carboxylic acid groups (broad SMARTS) is 1. The fourth-order valence-electron chi connectivity index (χ4n) is 2.67. The molecule has 0 bridgehead atoms. The van der Waals surface area contributed by atoms with E-state index in [1.807, 2.05) is 4.90 Å². The van der Waals surface area contributed by atoms with Gasteiger partial charge in [-0.05, 0) is 12.1 Å². The van der Waals surface area contributed by atoms with Crippen LogP contribution < -0.4 is 4.90 Å². The van der Waals surface area contributed by atoms with Crippen LogP contribution in [0.25, 0.3) is 0 Å². The predicted molar refractivity (Wildman–Crippen MR) is 71.3 cm³/mol. The van der Waals surface area contributed by atoms with Gasteiger partial charge in [-0.3, -0.25) is 4.68 Å². The Morgan fingerprint density at radius 3 is 2.76 bits per heavy atom. The lowest BCUT2D eigenvalue weighted by molar-refractivity contribution is 0.0688. The van der Waals surface area contributed by atoms with Crippen LogP contribution in [-0.2, 0) is 20.0 Å². The molecule has 2 heterocycles. The zero-order valence-electron chi connectivity index (χ0n) is 11.3. The van der Waals surface area contributed by atoms with Gasteiger partial charge in [0.25, 0.3) is 0 Å². The summed E-state index contributed by atoms with van der Waals surface area (Å²) in [7, 11) is 1.71.